The number of nitrogens with zero attached hydrogens (tertiary/aromatic N) is 1. The van der Waals surface area contributed by atoms with Gasteiger partial charge in [0.1, 0.15) is 5.76 Å². The maximum Gasteiger partial charge on any atom is 0.223 e. The van der Waals surface area contributed by atoms with E-state index in [1.54, 1.807) is 6.26 Å². The Balaban J connectivity index is 1.63. The van der Waals surface area contributed by atoms with Crippen molar-refractivity contribution in [3.8, 4) is 0 Å². The summed E-state index contributed by atoms with van der Waals surface area (Å²) in [5, 5.41) is 3.08. The number of carbonyl (C=O) groups excluding carboxylic acids is 1. The second-order valence-corrected chi connectivity index (χ2v) is 6.42. The van der Waals surface area contributed by atoms with E-state index in [2.05, 4.69) is 10.2 Å². The van der Waals surface area contributed by atoms with E-state index < -0.39 is 0 Å². The molecule has 4 nitrogen and oxygen atoms in total. The monoisotopic (exact) mass is 280 g/mol. The van der Waals surface area contributed by atoms with Gasteiger partial charge < -0.3 is 9.73 Å². The van der Waals surface area contributed by atoms with Crippen molar-refractivity contribution in [2.45, 2.75) is 18.9 Å². The number of furan rings is 1. The maximum atomic E-state index is 11.8. The third-order valence-corrected chi connectivity index (χ3v) is 4.72. The molecular formula is C14H20N2O2S. The highest BCUT2D eigenvalue weighted by Gasteiger charge is 2.31. The van der Waals surface area contributed by atoms with E-state index in [1.165, 1.54) is 0 Å². The molecule has 5 heteroatoms. The summed E-state index contributed by atoms with van der Waals surface area (Å²) in [6, 6.07) is 4.11. The van der Waals surface area contributed by atoms with Gasteiger partial charge in [-0.1, -0.05) is 0 Å². The van der Waals surface area contributed by atoms with Crippen molar-refractivity contribution in [3.63, 3.8) is 0 Å². The molecule has 1 aromatic rings. The summed E-state index contributed by atoms with van der Waals surface area (Å²) >= 11 is 1.99. The second-order valence-electron chi connectivity index (χ2n) is 5.20. The van der Waals surface area contributed by atoms with Crippen LogP contribution in [-0.4, -0.2) is 41.9 Å². The Hall–Kier alpha value is -0.940. The number of nitrogens with one attached hydrogen (secondary N) is 1. The average Bonchev–Trinajstić information content (AvgIpc) is 3.17. The van der Waals surface area contributed by atoms with Crippen LogP contribution in [0.25, 0.3) is 0 Å². The molecule has 1 N–H and O–H groups in total. The fraction of sp³-hybridized carbons (Fsp3) is 0.643. The molecule has 1 amide bonds. The standard InChI is InChI=1S/C14H20N2O2S/c17-14(11-3-4-11)15-10-12(13-2-1-7-18-13)16-5-8-19-9-6-16/h1-2,7,11-12H,3-6,8-10H2,(H,15,17)/t12-/m1/s1. The number of thioether (sulfide) groups is 1. The van der Waals surface area contributed by atoms with Crippen molar-refractivity contribution >= 4 is 17.7 Å². The molecule has 3 rings (SSSR count). The zero-order valence-corrected chi connectivity index (χ0v) is 11.8. The number of amides is 1. The molecule has 104 valence electrons. The highest BCUT2D eigenvalue weighted by Crippen LogP contribution is 2.29. The molecule has 1 saturated carbocycles. The fourth-order valence-electron chi connectivity index (χ4n) is 2.47. The van der Waals surface area contributed by atoms with Gasteiger partial charge in [-0.3, -0.25) is 9.69 Å². The first-order valence-electron chi connectivity index (χ1n) is 6.97. The molecule has 1 aliphatic heterocycles. The van der Waals surface area contributed by atoms with Gasteiger partial charge in [0.2, 0.25) is 5.91 Å². The fourth-order valence-corrected chi connectivity index (χ4v) is 3.40. The summed E-state index contributed by atoms with van der Waals surface area (Å²) in [4.78, 5) is 14.2. The van der Waals surface area contributed by atoms with Crippen molar-refractivity contribution in [2.75, 3.05) is 31.1 Å². The zero-order chi connectivity index (χ0) is 13.1. The molecule has 2 heterocycles. The molecule has 1 aromatic heterocycles. The van der Waals surface area contributed by atoms with Crippen LogP contribution in [0.3, 0.4) is 0 Å². The van der Waals surface area contributed by atoms with Gasteiger partial charge in [-0.25, -0.2) is 0 Å². The minimum absolute atomic E-state index is 0.179. The van der Waals surface area contributed by atoms with Crippen LogP contribution in [0.1, 0.15) is 24.6 Å². The van der Waals surface area contributed by atoms with Crippen LogP contribution in [0, 0.1) is 5.92 Å². The van der Waals surface area contributed by atoms with E-state index in [9.17, 15) is 4.79 Å². The van der Waals surface area contributed by atoms with Crippen LogP contribution < -0.4 is 5.32 Å². The van der Waals surface area contributed by atoms with Crippen LogP contribution in [0.4, 0.5) is 0 Å². The third kappa shape index (κ3) is 3.34. The SMILES string of the molecule is O=C(NC[C@H](c1ccco1)N1CCSCC1)C1CC1. The van der Waals surface area contributed by atoms with Gasteiger partial charge in [-0.05, 0) is 25.0 Å². The Bertz CT molecular complexity index is 411. The molecule has 1 aliphatic carbocycles. The van der Waals surface area contributed by atoms with Gasteiger partial charge in [-0.2, -0.15) is 11.8 Å². The van der Waals surface area contributed by atoms with Crippen LogP contribution in [-0.2, 0) is 4.79 Å². The van der Waals surface area contributed by atoms with E-state index >= 15 is 0 Å². The molecule has 0 spiro atoms. The molecule has 2 aliphatic rings. The summed E-state index contributed by atoms with van der Waals surface area (Å²) < 4.78 is 5.56. The highest BCUT2D eigenvalue weighted by molar-refractivity contribution is 7.99. The molecule has 2 fully saturated rings. The van der Waals surface area contributed by atoms with Gasteiger partial charge in [0.15, 0.2) is 0 Å². The van der Waals surface area contributed by atoms with Gasteiger partial charge in [0.05, 0.1) is 12.3 Å². The molecule has 0 bridgehead atoms. The smallest absolute Gasteiger partial charge is 0.223 e. The molecule has 1 saturated heterocycles. The first-order valence-corrected chi connectivity index (χ1v) is 8.13. The van der Waals surface area contributed by atoms with Crippen LogP contribution >= 0.6 is 11.8 Å². The van der Waals surface area contributed by atoms with Crippen LogP contribution in [0.5, 0.6) is 0 Å². The molecular weight excluding hydrogens is 260 g/mol. The Morgan fingerprint density at radius 1 is 1.47 bits per heavy atom. The van der Waals surface area contributed by atoms with E-state index in [4.69, 9.17) is 4.42 Å². The van der Waals surface area contributed by atoms with E-state index in [0.29, 0.717) is 6.54 Å². The van der Waals surface area contributed by atoms with Crippen LogP contribution in [0.15, 0.2) is 22.8 Å². The molecule has 19 heavy (non-hydrogen) atoms. The van der Waals surface area contributed by atoms with Crippen molar-refractivity contribution < 1.29 is 9.21 Å². The zero-order valence-electron chi connectivity index (χ0n) is 11.0. The molecule has 0 unspecified atom stereocenters. The summed E-state index contributed by atoms with van der Waals surface area (Å²) in [5.41, 5.74) is 0. The van der Waals surface area contributed by atoms with E-state index in [1.807, 2.05) is 23.9 Å². The van der Waals surface area contributed by atoms with Crippen molar-refractivity contribution in [2.24, 2.45) is 5.92 Å². The lowest BCUT2D eigenvalue weighted by atomic mass is 10.1. The van der Waals surface area contributed by atoms with Crippen molar-refractivity contribution in [1.29, 1.82) is 0 Å². The Morgan fingerprint density at radius 2 is 2.26 bits per heavy atom. The van der Waals surface area contributed by atoms with Gasteiger partial charge >= 0.3 is 0 Å². The quantitative estimate of drug-likeness (QED) is 0.895. The second kappa shape index (κ2) is 6.01. The van der Waals surface area contributed by atoms with Crippen LogP contribution in [0.2, 0.25) is 0 Å². The lowest BCUT2D eigenvalue weighted by Gasteiger charge is -2.33. The van der Waals surface area contributed by atoms with Crippen molar-refractivity contribution in [1.82, 2.24) is 10.2 Å². The van der Waals surface area contributed by atoms with Gasteiger partial charge in [0.25, 0.3) is 0 Å². The largest absolute Gasteiger partial charge is 0.468 e. The molecule has 0 radical (unpaired) electrons. The maximum absolute atomic E-state index is 11.8. The van der Waals surface area contributed by atoms with Gasteiger partial charge in [0, 0.05) is 37.1 Å². The lowest BCUT2D eigenvalue weighted by molar-refractivity contribution is -0.122. The van der Waals surface area contributed by atoms with E-state index in [-0.39, 0.29) is 17.9 Å². The lowest BCUT2D eigenvalue weighted by Crippen LogP contribution is -2.42. The minimum Gasteiger partial charge on any atom is -0.468 e. The predicted molar refractivity (Wildman–Crippen MR) is 76.1 cm³/mol. The van der Waals surface area contributed by atoms with E-state index in [0.717, 1.165) is 43.2 Å². The average molecular weight is 280 g/mol. The minimum atomic E-state index is 0.179. The molecule has 0 aromatic carbocycles. The summed E-state index contributed by atoms with van der Waals surface area (Å²) in [6.45, 7) is 2.79. The Kier molecular flexibility index (Phi) is 4.13. The number of hydrogen-bond donors (Lipinski definition) is 1. The highest BCUT2D eigenvalue weighted by atomic mass is 32.2. The third-order valence-electron chi connectivity index (χ3n) is 3.78. The Morgan fingerprint density at radius 3 is 2.89 bits per heavy atom. The molecule has 1 atom stereocenters. The number of hydrogen-bond acceptors (Lipinski definition) is 4. The number of carbonyl (C=O) groups is 1. The summed E-state index contributed by atoms with van der Waals surface area (Å²) in [6.07, 6.45) is 3.82. The first kappa shape index (κ1) is 13.1. The Labute approximate surface area is 117 Å². The normalized spacial score (nSPS) is 22.1. The summed E-state index contributed by atoms with van der Waals surface area (Å²) in [7, 11) is 0. The van der Waals surface area contributed by atoms with Crippen molar-refractivity contribution in [3.05, 3.63) is 24.2 Å². The summed E-state index contributed by atoms with van der Waals surface area (Å²) in [5.74, 6) is 3.77. The topological polar surface area (TPSA) is 45.5 Å². The van der Waals surface area contributed by atoms with Gasteiger partial charge in [-0.15, -0.1) is 0 Å². The number of rotatable bonds is 5. The first-order chi connectivity index (χ1) is 9.34. The predicted octanol–water partition coefficient (Wildman–Crippen LogP) is 1.90.